The topological polar surface area (TPSA) is 92.6 Å². The van der Waals surface area contributed by atoms with Crippen LogP contribution in [0.1, 0.15) is 6.92 Å². The van der Waals surface area contributed by atoms with Crippen LogP contribution in [0.25, 0.3) is 0 Å². The van der Waals surface area contributed by atoms with E-state index in [2.05, 4.69) is 11.9 Å². The van der Waals surface area contributed by atoms with Gasteiger partial charge in [-0.15, -0.1) is 6.58 Å². The second-order valence-electron chi connectivity index (χ2n) is 4.04. The molecule has 0 spiro atoms. The molecule has 7 heteroatoms. The van der Waals surface area contributed by atoms with Gasteiger partial charge in [-0.25, -0.2) is 0 Å². The third-order valence-electron chi connectivity index (χ3n) is 2.47. The van der Waals surface area contributed by atoms with Gasteiger partial charge in [0.25, 0.3) is 5.69 Å². The Morgan fingerprint density at radius 1 is 1.50 bits per heavy atom. The lowest BCUT2D eigenvalue weighted by atomic mass is 10.3. The highest BCUT2D eigenvalue weighted by molar-refractivity contribution is 5.94. The molecule has 7 nitrogen and oxygen atoms in total. The predicted octanol–water partition coefficient (Wildman–Crippen LogP) is 1.57. The molecule has 0 unspecified atom stereocenters. The molecule has 0 saturated carbocycles. The summed E-state index contributed by atoms with van der Waals surface area (Å²) < 4.78 is 0. The van der Waals surface area contributed by atoms with Crippen molar-refractivity contribution in [1.29, 1.82) is 0 Å². The normalized spacial score (nSPS) is 9.65. The molecule has 0 aromatic heterocycles. The first-order chi connectivity index (χ1) is 9.43. The number of nitrogens with zero attached hydrogens (tertiary/aromatic N) is 2. The second-order valence-corrected chi connectivity index (χ2v) is 4.04. The summed E-state index contributed by atoms with van der Waals surface area (Å²) in [4.78, 5) is 34.4. The van der Waals surface area contributed by atoms with Gasteiger partial charge in [0.05, 0.1) is 4.92 Å². The Bertz CT molecular complexity index is 542. The van der Waals surface area contributed by atoms with Gasteiger partial charge in [-0.1, -0.05) is 12.1 Å². The SMILES string of the molecule is C=CCN(CC(=O)Nc1cccc([N+](=O)[O-])c1)C(C)=O. The summed E-state index contributed by atoms with van der Waals surface area (Å²) in [6.45, 7) is 4.98. The molecule has 1 N–H and O–H groups in total. The summed E-state index contributed by atoms with van der Waals surface area (Å²) in [7, 11) is 0. The maximum Gasteiger partial charge on any atom is 0.271 e. The minimum Gasteiger partial charge on any atom is -0.330 e. The summed E-state index contributed by atoms with van der Waals surface area (Å²) in [5, 5.41) is 13.1. The fourth-order valence-electron chi connectivity index (χ4n) is 1.53. The first-order valence-electron chi connectivity index (χ1n) is 5.84. The van der Waals surface area contributed by atoms with E-state index in [4.69, 9.17) is 0 Å². The van der Waals surface area contributed by atoms with Gasteiger partial charge in [0.2, 0.25) is 11.8 Å². The summed E-state index contributed by atoms with van der Waals surface area (Å²) in [6.07, 6.45) is 1.52. The van der Waals surface area contributed by atoms with Gasteiger partial charge < -0.3 is 10.2 Å². The standard InChI is InChI=1S/C13H15N3O4/c1-3-7-15(10(2)17)9-13(18)14-11-5-4-6-12(8-11)16(19)20/h3-6,8H,1,7,9H2,2H3,(H,14,18). The lowest BCUT2D eigenvalue weighted by Crippen LogP contribution is -2.36. The molecule has 0 bridgehead atoms. The molecule has 0 radical (unpaired) electrons. The number of carbonyl (C=O) groups excluding carboxylic acids is 2. The van der Waals surface area contributed by atoms with E-state index < -0.39 is 10.8 Å². The molecule has 2 amide bonds. The highest BCUT2D eigenvalue weighted by atomic mass is 16.6. The molecule has 0 aliphatic heterocycles. The number of non-ortho nitro benzene ring substituents is 1. The van der Waals surface area contributed by atoms with Crippen molar-refractivity contribution >= 4 is 23.2 Å². The summed E-state index contributed by atoms with van der Waals surface area (Å²) in [6, 6.07) is 5.59. The van der Waals surface area contributed by atoms with Crippen LogP contribution in [0.4, 0.5) is 11.4 Å². The molecule has 20 heavy (non-hydrogen) atoms. The van der Waals surface area contributed by atoms with Crippen LogP contribution in [0.5, 0.6) is 0 Å². The average Bonchev–Trinajstić information content (AvgIpc) is 2.38. The lowest BCUT2D eigenvalue weighted by Gasteiger charge is -2.18. The summed E-state index contributed by atoms with van der Waals surface area (Å²) >= 11 is 0. The molecule has 0 atom stereocenters. The first-order valence-corrected chi connectivity index (χ1v) is 5.84. The number of hydrogen-bond acceptors (Lipinski definition) is 4. The maximum atomic E-state index is 11.8. The van der Waals surface area contributed by atoms with Crippen LogP contribution in [0.15, 0.2) is 36.9 Å². The Hall–Kier alpha value is -2.70. The monoisotopic (exact) mass is 277 g/mol. The molecule has 1 aromatic carbocycles. The quantitative estimate of drug-likeness (QED) is 0.485. The van der Waals surface area contributed by atoms with E-state index in [0.717, 1.165) is 0 Å². The number of nitro benzene ring substituents is 1. The van der Waals surface area contributed by atoms with Crippen molar-refractivity contribution in [3.05, 3.63) is 47.0 Å². The fraction of sp³-hybridized carbons (Fsp3) is 0.231. The molecule has 0 aliphatic rings. The van der Waals surface area contributed by atoms with E-state index in [1.807, 2.05) is 0 Å². The molecule has 106 valence electrons. The fourth-order valence-corrected chi connectivity index (χ4v) is 1.53. The van der Waals surface area contributed by atoms with Crippen LogP contribution in [-0.2, 0) is 9.59 Å². The Kier molecular flexibility index (Phi) is 5.40. The number of nitrogens with one attached hydrogen (secondary N) is 1. The average molecular weight is 277 g/mol. The molecule has 1 rings (SSSR count). The smallest absolute Gasteiger partial charge is 0.271 e. The molecule has 0 fully saturated rings. The largest absolute Gasteiger partial charge is 0.330 e. The number of benzene rings is 1. The number of carbonyl (C=O) groups is 2. The molecular formula is C13H15N3O4. The van der Waals surface area contributed by atoms with E-state index in [-0.39, 0.29) is 24.7 Å². The van der Waals surface area contributed by atoms with Gasteiger partial charge in [0.1, 0.15) is 6.54 Å². The molecule has 1 aromatic rings. The van der Waals surface area contributed by atoms with Gasteiger partial charge in [-0.2, -0.15) is 0 Å². The second kappa shape index (κ2) is 7.03. The minimum absolute atomic E-state index is 0.114. The zero-order valence-corrected chi connectivity index (χ0v) is 11.0. The van der Waals surface area contributed by atoms with E-state index in [1.54, 1.807) is 0 Å². The number of anilines is 1. The zero-order valence-electron chi connectivity index (χ0n) is 11.0. The van der Waals surface area contributed by atoms with Crippen LogP contribution in [-0.4, -0.2) is 34.7 Å². The number of hydrogen-bond donors (Lipinski definition) is 1. The van der Waals surface area contributed by atoms with Gasteiger partial charge in [0.15, 0.2) is 0 Å². The van der Waals surface area contributed by atoms with Crippen LogP contribution in [0.2, 0.25) is 0 Å². The highest BCUT2D eigenvalue weighted by Gasteiger charge is 2.13. The number of rotatable bonds is 6. The molecule has 0 saturated heterocycles. The van der Waals surface area contributed by atoms with Crippen molar-refractivity contribution in [1.82, 2.24) is 4.90 Å². The third kappa shape index (κ3) is 4.52. The van der Waals surface area contributed by atoms with Crippen molar-refractivity contribution in [3.63, 3.8) is 0 Å². The Labute approximate surface area is 116 Å². The van der Waals surface area contributed by atoms with E-state index >= 15 is 0 Å². The van der Waals surface area contributed by atoms with Gasteiger partial charge in [0, 0.05) is 31.3 Å². The van der Waals surface area contributed by atoms with Crippen molar-refractivity contribution < 1.29 is 14.5 Å². The van der Waals surface area contributed by atoms with Gasteiger partial charge >= 0.3 is 0 Å². The highest BCUT2D eigenvalue weighted by Crippen LogP contribution is 2.16. The Morgan fingerprint density at radius 3 is 2.75 bits per heavy atom. The zero-order chi connectivity index (χ0) is 15.1. The van der Waals surface area contributed by atoms with E-state index in [1.165, 1.54) is 42.2 Å². The maximum absolute atomic E-state index is 11.8. The summed E-state index contributed by atoms with van der Waals surface area (Å²) in [5.74, 6) is -0.679. The lowest BCUT2D eigenvalue weighted by molar-refractivity contribution is -0.384. The van der Waals surface area contributed by atoms with Gasteiger partial charge in [-0.05, 0) is 6.07 Å². The Morgan fingerprint density at radius 2 is 2.20 bits per heavy atom. The van der Waals surface area contributed by atoms with E-state index in [9.17, 15) is 19.7 Å². The molecule has 0 aliphatic carbocycles. The van der Waals surface area contributed by atoms with Crippen LogP contribution >= 0.6 is 0 Å². The minimum atomic E-state index is -0.546. The first kappa shape index (κ1) is 15.4. The van der Waals surface area contributed by atoms with Crippen LogP contribution < -0.4 is 5.32 Å². The van der Waals surface area contributed by atoms with Crippen LogP contribution in [0, 0.1) is 10.1 Å². The van der Waals surface area contributed by atoms with Crippen molar-refractivity contribution in [2.24, 2.45) is 0 Å². The van der Waals surface area contributed by atoms with Crippen molar-refractivity contribution in [2.45, 2.75) is 6.92 Å². The number of amides is 2. The van der Waals surface area contributed by atoms with Crippen molar-refractivity contribution in [3.8, 4) is 0 Å². The molecule has 0 heterocycles. The van der Waals surface area contributed by atoms with Gasteiger partial charge in [-0.3, -0.25) is 19.7 Å². The predicted molar refractivity (Wildman–Crippen MR) is 74.2 cm³/mol. The molecular weight excluding hydrogens is 262 g/mol. The van der Waals surface area contributed by atoms with Crippen LogP contribution in [0.3, 0.4) is 0 Å². The third-order valence-corrected chi connectivity index (χ3v) is 2.47. The van der Waals surface area contributed by atoms with E-state index in [0.29, 0.717) is 5.69 Å². The Balaban J connectivity index is 2.70. The van der Waals surface area contributed by atoms with Crippen molar-refractivity contribution in [2.75, 3.05) is 18.4 Å². The number of nitro groups is 1. The summed E-state index contributed by atoms with van der Waals surface area (Å²) in [5.41, 5.74) is 0.198.